The third-order valence-electron chi connectivity index (χ3n) is 3.65. The molecule has 1 aliphatic rings. The summed E-state index contributed by atoms with van der Waals surface area (Å²) in [5.41, 5.74) is 7.05. The largest absolute Gasteiger partial charge is 0.508 e. The Bertz CT molecular complexity index is 758. The zero-order valence-corrected chi connectivity index (χ0v) is 11.7. The van der Waals surface area contributed by atoms with Crippen molar-refractivity contribution in [3.05, 3.63) is 59.7 Å². The van der Waals surface area contributed by atoms with Crippen molar-refractivity contribution in [2.24, 2.45) is 10.8 Å². The van der Waals surface area contributed by atoms with Crippen molar-refractivity contribution >= 4 is 11.7 Å². The topological polar surface area (TPSA) is 99.2 Å². The monoisotopic (exact) mass is 297 g/mol. The van der Waals surface area contributed by atoms with Crippen LogP contribution in [0.4, 0.5) is 4.79 Å². The van der Waals surface area contributed by atoms with E-state index >= 15 is 0 Å². The molecule has 0 radical (unpaired) electrons. The number of aromatic hydroxyl groups is 2. The van der Waals surface area contributed by atoms with Crippen molar-refractivity contribution in [2.75, 3.05) is 0 Å². The Morgan fingerprint density at radius 2 is 1.73 bits per heavy atom. The zero-order valence-electron chi connectivity index (χ0n) is 11.7. The first-order chi connectivity index (χ1) is 10.6. The predicted octanol–water partition coefficient (Wildman–Crippen LogP) is 2.33. The number of rotatable bonds is 2. The summed E-state index contributed by atoms with van der Waals surface area (Å²) in [6.45, 7) is 0. The van der Waals surface area contributed by atoms with Gasteiger partial charge in [-0.1, -0.05) is 30.3 Å². The van der Waals surface area contributed by atoms with Crippen LogP contribution in [0.15, 0.2) is 53.6 Å². The summed E-state index contributed by atoms with van der Waals surface area (Å²) in [4.78, 5) is 11.7. The van der Waals surface area contributed by atoms with E-state index in [0.717, 1.165) is 5.01 Å². The third-order valence-corrected chi connectivity index (χ3v) is 3.65. The highest BCUT2D eigenvalue weighted by Gasteiger charge is 2.34. The van der Waals surface area contributed by atoms with Crippen LogP contribution < -0.4 is 5.73 Å². The Kier molecular flexibility index (Phi) is 3.42. The van der Waals surface area contributed by atoms with E-state index in [0.29, 0.717) is 23.3 Å². The fourth-order valence-electron chi connectivity index (χ4n) is 2.61. The minimum absolute atomic E-state index is 0.0764. The van der Waals surface area contributed by atoms with Crippen LogP contribution in [0.2, 0.25) is 0 Å². The molecule has 3 rings (SSSR count). The van der Waals surface area contributed by atoms with Gasteiger partial charge < -0.3 is 15.9 Å². The summed E-state index contributed by atoms with van der Waals surface area (Å²) in [5, 5.41) is 25.3. The van der Waals surface area contributed by atoms with Gasteiger partial charge in [-0.15, -0.1) is 0 Å². The van der Waals surface area contributed by atoms with Gasteiger partial charge in [0.25, 0.3) is 0 Å². The predicted molar refractivity (Wildman–Crippen MR) is 81.5 cm³/mol. The van der Waals surface area contributed by atoms with Gasteiger partial charge >= 0.3 is 6.03 Å². The summed E-state index contributed by atoms with van der Waals surface area (Å²) in [6, 6.07) is 12.3. The number of hydrogen-bond donors (Lipinski definition) is 3. The highest BCUT2D eigenvalue weighted by atomic mass is 16.3. The molecule has 0 saturated carbocycles. The Labute approximate surface area is 127 Å². The summed E-state index contributed by atoms with van der Waals surface area (Å²) < 4.78 is 0. The van der Waals surface area contributed by atoms with Crippen LogP contribution in [-0.4, -0.2) is 27.0 Å². The molecule has 22 heavy (non-hydrogen) atoms. The molecule has 2 aromatic carbocycles. The lowest BCUT2D eigenvalue weighted by molar-refractivity contribution is 0.195. The first-order valence-electron chi connectivity index (χ1n) is 6.80. The summed E-state index contributed by atoms with van der Waals surface area (Å²) in [7, 11) is 0. The number of primary amides is 1. The Balaban J connectivity index is 2.01. The first-order valence-corrected chi connectivity index (χ1v) is 6.80. The van der Waals surface area contributed by atoms with Crippen molar-refractivity contribution in [2.45, 2.75) is 12.5 Å². The molecular weight excluding hydrogens is 282 g/mol. The Morgan fingerprint density at radius 1 is 1.09 bits per heavy atom. The van der Waals surface area contributed by atoms with Crippen LogP contribution in [0.25, 0.3) is 0 Å². The molecule has 0 aromatic heterocycles. The second kappa shape index (κ2) is 5.40. The van der Waals surface area contributed by atoms with Gasteiger partial charge in [-0.3, -0.25) is 0 Å². The van der Waals surface area contributed by atoms with Crippen LogP contribution in [0, 0.1) is 0 Å². The number of carbonyl (C=O) groups excluding carboxylic acids is 1. The fourth-order valence-corrected chi connectivity index (χ4v) is 2.61. The van der Waals surface area contributed by atoms with Gasteiger partial charge in [0.2, 0.25) is 0 Å². The number of nitrogens with zero attached hydrogens (tertiary/aromatic N) is 2. The number of urea groups is 1. The highest BCUT2D eigenvalue weighted by Crippen LogP contribution is 2.37. The van der Waals surface area contributed by atoms with Gasteiger partial charge in [0.05, 0.1) is 11.8 Å². The minimum atomic E-state index is -0.710. The molecule has 4 N–H and O–H groups in total. The van der Waals surface area contributed by atoms with E-state index in [1.54, 1.807) is 48.5 Å². The molecule has 0 aliphatic carbocycles. The molecule has 112 valence electrons. The summed E-state index contributed by atoms with van der Waals surface area (Å²) >= 11 is 0. The molecule has 6 nitrogen and oxygen atoms in total. The van der Waals surface area contributed by atoms with Gasteiger partial charge in [0.15, 0.2) is 0 Å². The van der Waals surface area contributed by atoms with E-state index in [-0.39, 0.29) is 11.5 Å². The average molecular weight is 297 g/mol. The summed E-state index contributed by atoms with van der Waals surface area (Å²) in [5.74, 6) is 0.163. The molecule has 0 bridgehead atoms. The number of hydrogen-bond acceptors (Lipinski definition) is 4. The van der Waals surface area contributed by atoms with Gasteiger partial charge in [-0.05, 0) is 18.2 Å². The van der Waals surface area contributed by atoms with Gasteiger partial charge in [0.1, 0.15) is 11.5 Å². The second-order valence-electron chi connectivity index (χ2n) is 5.03. The number of phenolic OH excluding ortho intramolecular Hbond substituents is 2. The molecule has 2 amide bonds. The molecule has 1 heterocycles. The number of benzene rings is 2. The van der Waals surface area contributed by atoms with Crippen LogP contribution in [0.3, 0.4) is 0 Å². The van der Waals surface area contributed by atoms with E-state index in [1.165, 1.54) is 0 Å². The van der Waals surface area contributed by atoms with E-state index in [9.17, 15) is 15.0 Å². The maximum absolute atomic E-state index is 11.7. The van der Waals surface area contributed by atoms with Crippen molar-refractivity contribution in [3.63, 3.8) is 0 Å². The van der Waals surface area contributed by atoms with Gasteiger partial charge in [-0.2, -0.15) is 5.10 Å². The Morgan fingerprint density at radius 3 is 2.36 bits per heavy atom. The van der Waals surface area contributed by atoms with E-state index in [4.69, 9.17) is 5.73 Å². The molecule has 2 aromatic rings. The van der Waals surface area contributed by atoms with E-state index in [2.05, 4.69) is 5.10 Å². The average Bonchev–Trinajstić information content (AvgIpc) is 2.93. The zero-order chi connectivity index (χ0) is 15.7. The van der Waals surface area contributed by atoms with Gasteiger partial charge in [0, 0.05) is 17.5 Å². The number of phenols is 2. The van der Waals surface area contributed by atoms with Crippen molar-refractivity contribution < 1.29 is 15.0 Å². The molecule has 6 heteroatoms. The highest BCUT2D eigenvalue weighted by molar-refractivity contribution is 6.05. The molecule has 0 unspecified atom stereocenters. The lowest BCUT2D eigenvalue weighted by atomic mass is 9.97. The van der Waals surface area contributed by atoms with Crippen LogP contribution in [-0.2, 0) is 0 Å². The van der Waals surface area contributed by atoms with Crippen molar-refractivity contribution in [1.82, 2.24) is 5.01 Å². The fraction of sp³-hybridized carbons (Fsp3) is 0.125. The number of nitrogens with two attached hydrogens (primary N) is 1. The standard InChI is InChI=1S/C16H15N3O3/c17-16(22)19-13(11-6-2-4-8-15(11)21)9-12(18-19)10-5-1-3-7-14(10)20/h1-8,13,20-21H,9H2,(H2,17,22)/t13-/m0/s1. The Hall–Kier alpha value is -3.02. The number of carbonyl (C=O) groups is 1. The number of amides is 2. The van der Waals surface area contributed by atoms with Crippen LogP contribution >= 0.6 is 0 Å². The van der Waals surface area contributed by atoms with E-state index < -0.39 is 12.1 Å². The second-order valence-corrected chi connectivity index (χ2v) is 5.03. The maximum Gasteiger partial charge on any atom is 0.335 e. The third kappa shape index (κ3) is 2.35. The number of hydrazone groups is 1. The lowest BCUT2D eigenvalue weighted by Crippen LogP contribution is -2.31. The SMILES string of the molecule is NC(=O)N1N=C(c2ccccc2O)C[C@H]1c1ccccc1O. The molecule has 1 aliphatic heterocycles. The quantitative estimate of drug-likeness (QED) is 0.793. The molecule has 0 saturated heterocycles. The van der Waals surface area contributed by atoms with Crippen molar-refractivity contribution in [1.29, 1.82) is 0 Å². The van der Waals surface area contributed by atoms with Crippen LogP contribution in [0.1, 0.15) is 23.6 Å². The van der Waals surface area contributed by atoms with Crippen molar-refractivity contribution in [3.8, 4) is 11.5 Å². The smallest absolute Gasteiger partial charge is 0.335 e. The molecule has 0 fully saturated rings. The van der Waals surface area contributed by atoms with E-state index in [1.807, 2.05) is 0 Å². The minimum Gasteiger partial charge on any atom is -0.508 e. The molecule has 1 atom stereocenters. The molecular formula is C16H15N3O3. The van der Waals surface area contributed by atoms with Crippen LogP contribution in [0.5, 0.6) is 11.5 Å². The van der Waals surface area contributed by atoms with Gasteiger partial charge in [-0.25, -0.2) is 9.80 Å². The first kappa shape index (κ1) is 13.9. The normalized spacial score (nSPS) is 17.4. The lowest BCUT2D eigenvalue weighted by Gasteiger charge is -2.20. The number of para-hydroxylation sites is 2. The maximum atomic E-state index is 11.7. The molecule has 0 spiro atoms. The summed E-state index contributed by atoms with van der Waals surface area (Å²) in [6.07, 6.45) is 0.359.